The molecule has 3 aliphatic heterocycles. The van der Waals surface area contributed by atoms with Crippen LogP contribution in [0.25, 0.3) is 0 Å². The van der Waals surface area contributed by atoms with Crippen molar-refractivity contribution in [3.8, 4) is 0 Å². The predicted octanol–water partition coefficient (Wildman–Crippen LogP) is 1.52. The van der Waals surface area contributed by atoms with Gasteiger partial charge in [0.2, 0.25) is 0 Å². The lowest BCUT2D eigenvalue weighted by Crippen LogP contribution is -2.47. The summed E-state index contributed by atoms with van der Waals surface area (Å²) in [5.41, 5.74) is -0.710. The van der Waals surface area contributed by atoms with E-state index in [0.29, 0.717) is 12.0 Å². The predicted molar refractivity (Wildman–Crippen MR) is 96.3 cm³/mol. The summed E-state index contributed by atoms with van der Waals surface area (Å²) in [6, 6.07) is 8.57. The second-order valence-corrected chi connectivity index (χ2v) is 8.08. The van der Waals surface area contributed by atoms with Gasteiger partial charge in [-0.25, -0.2) is 4.79 Å². The normalized spacial score (nSPS) is 32.2. The van der Waals surface area contributed by atoms with Crippen LogP contribution >= 0.6 is 0 Å². The van der Waals surface area contributed by atoms with Gasteiger partial charge in [0.05, 0.1) is 24.2 Å². The van der Waals surface area contributed by atoms with Gasteiger partial charge in [-0.15, -0.1) is 0 Å². The van der Waals surface area contributed by atoms with Crippen molar-refractivity contribution in [2.45, 2.75) is 32.0 Å². The third kappa shape index (κ3) is 3.31. The number of benzene rings is 1. The first kappa shape index (κ1) is 19.6. The first-order chi connectivity index (χ1) is 13.8. The van der Waals surface area contributed by atoms with Gasteiger partial charge in [-0.2, -0.15) is 0 Å². The van der Waals surface area contributed by atoms with Crippen LogP contribution in [0.5, 0.6) is 0 Å². The van der Waals surface area contributed by atoms with E-state index in [9.17, 15) is 19.2 Å². The molecule has 0 N–H and O–H groups in total. The average molecular weight is 402 g/mol. The van der Waals surface area contributed by atoms with Crippen LogP contribution in [0.3, 0.4) is 0 Å². The quantitative estimate of drug-likeness (QED) is 0.401. The monoisotopic (exact) mass is 402 g/mol. The highest BCUT2D eigenvalue weighted by atomic mass is 16.6. The van der Waals surface area contributed by atoms with E-state index in [4.69, 9.17) is 18.9 Å². The minimum atomic E-state index is -1.13. The van der Waals surface area contributed by atoms with Crippen LogP contribution in [-0.4, -0.2) is 48.8 Å². The molecule has 0 aromatic heterocycles. The number of carbonyl (C=O) groups excluding carboxylic acids is 4. The van der Waals surface area contributed by atoms with Crippen molar-refractivity contribution < 1.29 is 38.1 Å². The van der Waals surface area contributed by atoms with E-state index in [-0.39, 0.29) is 25.0 Å². The summed E-state index contributed by atoms with van der Waals surface area (Å²) in [4.78, 5) is 48.6. The van der Waals surface area contributed by atoms with Gasteiger partial charge in [-0.3, -0.25) is 14.4 Å². The van der Waals surface area contributed by atoms with Gasteiger partial charge in [0.25, 0.3) is 0 Å². The van der Waals surface area contributed by atoms with E-state index in [1.807, 2.05) is 0 Å². The van der Waals surface area contributed by atoms with Crippen LogP contribution in [0.2, 0.25) is 0 Å². The molecule has 3 heterocycles. The number of hydrogen-bond donors (Lipinski definition) is 0. The Labute approximate surface area is 167 Å². The summed E-state index contributed by atoms with van der Waals surface area (Å²) in [5, 5.41) is 0. The molecule has 1 aromatic carbocycles. The summed E-state index contributed by atoms with van der Waals surface area (Å²) in [5.74, 6) is -4.39. The minimum absolute atomic E-state index is 0.0307. The lowest BCUT2D eigenvalue weighted by molar-refractivity contribution is -0.167. The maximum atomic E-state index is 12.2. The molecule has 0 saturated carbocycles. The van der Waals surface area contributed by atoms with E-state index < -0.39 is 47.4 Å². The topological polar surface area (TPSA) is 105 Å². The largest absolute Gasteiger partial charge is 0.462 e. The van der Waals surface area contributed by atoms with Gasteiger partial charge in [0.1, 0.15) is 24.0 Å². The fourth-order valence-corrected chi connectivity index (χ4v) is 4.46. The average Bonchev–Trinajstić information content (AvgIpc) is 3.34. The SMILES string of the molecule is CC(C)C(=O)OC[C@@]12C[C@H](COC(=O)c3ccccc3)[C@@H](O1)[C@H]1C(=O)OC(=O)[C@H]12. The maximum absolute atomic E-state index is 12.2. The molecule has 0 radical (unpaired) electrons. The lowest BCUT2D eigenvalue weighted by atomic mass is 9.69. The number of ether oxygens (including phenoxy) is 4. The molecule has 0 aliphatic carbocycles. The first-order valence-electron chi connectivity index (χ1n) is 9.64. The zero-order valence-corrected chi connectivity index (χ0v) is 16.2. The van der Waals surface area contributed by atoms with Crippen molar-refractivity contribution in [3.63, 3.8) is 0 Å². The molecule has 29 heavy (non-hydrogen) atoms. The number of rotatable bonds is 6. The minimum Gasteiger partial charge on any atom is -0.462 e. The zero-order valence-electron chi connectivity index (χ0n) is 16.2. The van der Waals surface area contributed by atoms with Gasteiger partial charge in [-0.1, -0.05) is 32.0 Å². The smallest absolute Gasteiger partial charge is 0.338 e. The van der Waals surface area contributed by atoms with Crippen molar-refractivity contribution >= 4 is 23.9 Å². The second-order valence-electron chi connectivity index (χ2n) is 8.08. The molecule has 5 atom stereocenters. The van der Waals surface area contributed by atoms with Crippen LogP contribution < -0.4 is 0 Å². The van der Waals surface area contributed by atoms with Gasteiger partial charge in [0, 0.05) is 5.92 Å². The Morgan fingerprint density at radius 1 is 1.14 bits per heavy atom. The summed E-state index contributed by atoms with van der Waals surface area (Å²) >= 11 is 0. The molecular weight excluding hydrogens is 380 g/mol. The van der Waals surface area contributed by atoms with Gasteiger partial charge in [-0.05, 0) is 18.6 Å². The number of carbonyl (C=O) groups is 4. The molecule has 3 aliphatic rings. The number of esters is 4. The van der Waals surface area contributed by atoms with Crippen LogP contribution in [0, 0.1) is 23.7 Å². The Balaban J connectivity index is 1.49. The van der Waals surface area contributed by atoms with E-state index in [0.717, 1.165) is 0 Å². The van der Waals surface area contributed by atoms with E-state index in [1.165, 1.54) is 0 Å². The summed E-state index contributed by atoms with van der Waals surface area (Å²) in [6.45, 7) is 3.29. The molecule has 3 saturated heterocycles. The standard InChI is InChI=1S/C21H22O8/c1-11(2)17(22)27-10-21-8-13(9-26-18(23)12-6-4-3-5-7-12)16(29-21)14-15(21)20(25)28-19(14)24/h3-7,11,13-16H,8-10H2,1-2H3/t13-,14+,15+,16-,21-/m1/s1. The molecule has 154 valence electrons. The highest BCUT2D eigenvalue weighted by Gasteiger charge is 2.72. The molecule has 0 unspecified atom stereocenters. The Morgan fingerprint density at radius 2 is 1.86 bits per heavy atom. The molecule has 2 bridgehead atoms. The lowest BCUT2D eigenvalue weighted by Gasteiger charge is -2.31. The molecule has 1 aromatic rings. The highest BCUT2D eigenvalue weighted by molar-refractivity contribution is 5.98. The maximum Gasteiger partial charge on any atom is 0.338 e. The highest BCUT2D eigenvalue weighted by Crippen LogP contribution is 2.57. The third-order valence-electron chi connectivity index (χ3n) is 5.82. The number of hydrogen-bond acceptors (Lipinski definition) is 8. The molecule has 0 amide bonds. The number of cyclic esters (lactones) is 2. The zero-order chi connectivity index (χ0) is 20.8. The van der Waals surface area contributed by atoms with E-state index in [1.54, 1.807) is 44.2 Å². The Hall–Kier alpha value is -2.74. The molecule has 4 rings (SSSR count). The first-order valence-corrected chi connectivity index (χ1v) is 9.64. The molecular formula is C21H22O8. The van der Waals surface area contributed by atoms with Crippen molar-refractivity contribution in [3.05, 3.63) is 35.9 Å². The Morgan fingerprint density at radius 3 is 2.55 bits per heavy atom. The van der Waals surface area contributed by atoms with Gasteiger partial charge < -0.3 is 18.9 Å². The fraction of sp³-hybridized carbons (Fsp3) is 0.524. The van der Waals surface area contributed by atoms with Crippen molar-refractivity contribution in [1.29, 1.82) is 0 Å². The van der Waals surface area contributed by atoms with E-state index in [2.05, 4.69) is 0 Å². The van der Waals surface area contributed by atoms with Gasteiger partial charge in [0.15, 0.2) is 0 Å². The number of fused-ring (bicyclic) bond motifs is 5. The van der Waals surface area contributed by atoms with Crippen molar-refractivity contribution in [2.75, 3.05) is 13.2 Å². The molecule has 0 spiro atoms. The second kappa shape index (κ2) is 7.26. The van der Waals surface area contributed by atoms with E-state index >= 15 is 0 Å². The Kier molecular flexibility index (Phi) is 4.90. The summed E-state index contributed by atoms with van der Waals surface area (Å²) in [7, 11) is 0. The van der Waals surface area contributed by atoms with Crippen LogP contribution in [0.15, 0.2) is 30.3 Å². The summed E-state index contributed by atoms with van der Waals surface area (Å²) in [6.07, 6.45) is -0.297. The summed E-state index contributed by atoms with van der Waals surface area (Å²) < 4.78 is 21.7. The molecule has 3 fully saturated rings. The van der Waals surface area contributed by atoms with Crippen LogP contribution in [-0.2, 0) is 33.3 Å². The van der Waals surface area contributed by atoms with Crippen molar-refractivity contribution in [1.82, 2.24) is 0 Å². The molecule has 8 nitrogen and oxygen atoms in total. The molecule has 8 heteroatoms. The fourth-order valence-electron chi connectivity index (χ4n) is 4.46. The Bertz CT molecular complexity index is 847. The van der Waals surface area contributed by atoms with Crippen LogP contribution in [0.4, 0.5) is 0 Å². The van der Waals surface area contributed by atoms with Gasteiger partial charge >= 0.3 is 23.9 Å². The third-order valence-corrected chi connectivity index (χ3v) is 5.82. The van der Waals surface area contributed by atoms with Crippen molar-refractivity contribution in [2.24, 2.45) is 23.7 Å². The van der Waals surface area contributed by atoms with Crippen LogP contribution in [0.1, 0.15) is 30.6 Å².